The highest BCUT2D eigenvalue weighted by atomic mass is 16.4. The topological polar surface area (TPSA) is 58.4 Å². The number of hydrogen-bond acceptors (Lipinski definition) is 3. The van der Waals surface area contributed by atoms with Crippen molar-refractivity contribution in [3.05, 3.63) is 30.1 Å². The van der Waals surface area contributed by atoms with Crippen LogP contribution in [-0.4, -0.2) is 46.2 Å². The Kier molecular flexibility index (Phi) is 3.81. The first-order valence-electron chi connectivity index (χ1n) is 6.62. The number of rotatable bonds is 5. The van der Waals surface area contributed by atoms with Crippen molar-refractivity contribution in [1.82, 2.24) is 14.5 Å². The van der Waals surface area contributed by atoms with Gasteiger partial charge in [0.1, 0.15) is 5.52 Å². The third kappa shape index (κ3) is 2.99. The van der Waals surface area contributed by atoms with Gasteiger partial charge in [0.2, 0.25) is 0 Å². The highest BCUT2D eigenvalue weighted by molar-refractivity contribution is 6.00. The fraction of sp³-hybridized carbons (Fsp3) is 0.467. The molecule has 20 heavy (non-hydrogen) atoms. The van der Waals surface area contributed by atoms with Gasteiger partial charge in [0.05, 0.1) is 17.4 Å². The van der Waals surface area contributed by atoms with Crippen LogP contribution in [0.2, 0.25) is 0 Å². The Hall–Kier alpha value is -1.88. The molecule has 0 atom stereocenters. The second-order valence-electron chi connectivity index (χ2n) is 6.25. The molecule has 0 fully saturated rings. The zero-order valence-corrected chi connectivity index (χ0v) is 12.4. The molecule has 0 aliphatic rings. The number of carboxylic acids is 1. The van der Waals surface area contributed by atoms with E-state index in [1.165, 1.54) is 0 Å². The van der Waals surface area contributed by atoms with Gasteiger partial charge in [-0.05, 0) is 31.6 Å². The lowest BCUT2D eigenvalue weighted by atomic mass is 9.93. The number of nitrogens with zero attached hydrogens (tertiary/aromatic N) is 3. The average Bonchev–Trinajstić information content (AvgIpc) is 2.69. The van der Waals surface area contributed by atoms with Crippen LogP contribution in [0.4, 0.5) is 0 Å². The molecule has 1 aromatic carbocycles. The highest BCUT2D eigenvalue weighted by Crippen LogP contribution is 2.24. The van der Waals surface area contributed by atoms with Gasteiger partial charge in [-0.25, -0.2) is 9.78 Å². The van der Waals surface area contributed by atoms with Gasteiger partial charge in [0.15, 0.2) is 0 Å². The summed E-state index contributed by atoms with van der Waals surface area (Å²) in [5.41, 5.74) is 1.76. The third-order valence-electron chi connectivity index (χ3n) is 3.22. The predicted octanol–water partition coefficient (Wildman–Crippen LogP) is 2.32. The van der Waals surface area contributed by atoms with Crippen LogP contribution in [0.1, 0.15) is 24.2 Å². The van der Waals surface area contributed by atoms with Crippen LogP contribution in [0.15, 0.2) is 24.5 Å². The lowest BCUT2D eigenvalue weighted by molar-refractivity contribution is 0.0699. The van der Waals surface area contributed by atoms with E-state index in [2.05, 4.69) is 37.8 Å². The maximum Gasteiger partial charge on any atom is 0.337 e. The van der Waals surface area contributed by atoms with Crippen molar-refractivity contribution in [2.24, 2.45) is 5.41 Å². The zero-order valence-electron chi connectivity index (χ0n) is 12.4. The third-order valence-corrected chi connectivity index (χ3v) is 3.22. The summed E-state index contributed by atoms with van der Waals surface area (Å²) in [6.07, 6.45) is 1.73. The number of carbonyl (C=O) groups is 1. The molecule has 2 rings (SSSR count). The lowest BCUT2D eigenvalue weighted by Gasteiger charge is -2.28. The Bertz CT molecular complexity index is 629. The first-order valence-corrected chi connectivity index (χ1v) is 6.62. The number of hydrogen-bond donors (Lipinski definition) is 1. The first-order chi connectivity index (χ1) is 9.30. The molecule has 108 valence electrons. The van der Waals surface area contributed by atoms with Crippen molar-refractivity contribution in [1.29, 1.82) is 0 Å². The summed E-state index contributed by atoms with van der Waals surface area (Å²) in [6.45, 7) is 6.13. The standard InChI is InChI=1S/C15H21N3O2/c1-15(2,8-17(3)4)9-18-10-16-13-11(14(19)20)6-5-7-12(13)18/h5-7,10H,8-9H2,1-4H3,(H,19,20). The largest absolute Gasteiger partial charge is 0.478 e. The molecule has 0 aliphatic carbocycles. The summed E-state index contributed by atoms with van der Waals surface area (Å²) in [5, 5.41) is 9.19. The second kappa shape index (κ2) is 5.25. The van der Waals surface area contributed by atoms with Crippen molar-refractivity contribution >= 4 is 17.0 Å². The van der Waals surface area contributed by atoms with Crippen molar-refractivity contribution in [3.63, 3.8) is 0 Å². The summed E-state index contributed by atoms with van der Waals surface area (Å²) in [5.74, 6) is -0.937. The van der Waals surface area contributed by atoms with Crippen LogP contribution in [0.3, 0.4) is 0 Å². The average molecular weight is 275 g/mol. The quantitative estimate of drug-likeness (QED) is 0.909. The normalized spacial score (nSPS) is 12.2. The van der Waals surface area contributed by atoms with E-state index in [-0.39, 0.29) is 11.0 Å². The zero-order chi connectivity index (χ0) is 14.9. The van der Waals surface area contributed by atoms with Crippen LogP contribution < -0.4 is 0 Å². The molecule has 1 heterocycles. The van der Waals surface area contributed by atoms with Gasteiger partial charge >= 0.3 is 5.97 Å². The Balaban J connectivity index is 2.37. The van der Waals surface area contributed by atoms with Crippen LogP contribution in [0, 0.1) is 5.41 Å². The maximum absolute atomic E-state index is 11.2. The molecule has 2 aromatic rings. The molecule has 0 spiro atoms. The van der Waals surface area contributed by atoms with E-state index in [1.54, 1.807) is 18.5 Å². The SMILES string of the molecule is CN(C)CC(C)(C)Cn1cnc2c(C(=O)O)cccc21. The summed E-state index contributed by atoms with van der Waals surface area (Å²) in [7, 11) is 4.10. The minimum Gasteiger partial charge on any atom is -0.478 e. The molecule has 0 saturated carbocycles. The number of aromatic carboxylic acids is 1. The number of carboxylic acid groups (broad SMARTS) is 1. The van der Waals surface area contributed by atoms with Gasteiger partial charge in [0, 0.05) is 13.1 Å². The Morgan fingerprint density at radius 1 is 1.40 bits per heavy atom. The lowest BCUT2D eigenvalue weighted by Crippen LogP contribution is -2.32. The number of benzene rings is 1. The molecule has 1 N–H and O–H groups in total. The summed E-state index contributed by atoms with van der Waals surface area (Å²) < 4.78 is 2.03. The molecular formula is C15H21N3O2. The number of fused-ring (bicyclic) bond motifs is 1. The molecular weight excluding hydrogens is 254 g/mol. The minimum atomic E-state index is -0.937. The van der Waals surface area contributed by atoms with Crippen LogP contribution in [0.25, 0.3) is 11.0 Å². The summed E-state index contributed by atoms with van der Waals surface area (Å²) >= 11 is 0. The number of imidazole rings is 1. The van der Waals surface area contributed by atoms with Crippen LogP contribution in [0.5, 0.6) is 0 Å². The Labute approximate surface area is 118 Å². The fourth-order valence-corrected chi connectivity index (χ4v) is 2.75. The molecule has 0 amide bonds. The maximum atomic E-state index is 11.2. The van der Waals surface area contributed by atoms with E-state index >= 15 is 0 Å². The van der Waals surface area contributed by atoms with E-state index in [0.29, 0.717) is 5.52 Å². The predicted molar refractivity (Wildman–Crippen MR) is 79.0 cm³/mol. The molecule has 0 radical (unpaired) electrons. The van der Waals surface area contributed by atoms with Gasteiger partial charge in [-0.15, -0.1) is 0 Å². The molecule has 0 bridgehead atoms. The van der Waals surface area contributed by atoms with Crippen LogP contribution >= 0.6 is 0 Å². The van der Waals surface area contributed by atoms with Crippen molar-refractivity contribution < 1.29 is 9.90 Å². The van der Waals surface area contributed by atoms with Gasteiger partial charge in [-0.1, -0.05) is 19.9 Å². The first kappa shape index (κ1) is 14.5. The van der Waals surface area contributed by atoms with Gasteiger partial charge in [0.25, 0.3) is 0 Å². The minimum absolute atomic E-state index is 0.0797. The van der Waals surface area contributed by atoms with Crippen LogP contribution in [-0.2, 0) is 6.54 Å². The molecule has 0 aliphatic heterocycles. The summed E-state index contributed by atoms with van der Waals surface area (Å²) in [4.78, 5) is 17.6. The van der Waals surface area contributed by atoms with E-state index in [9.17, 15) is 9.90 Å². The van der Waals surface area contributed by atoms with E-state index < -0.39 is 5.97 Å². The number of aromatic nitrogens is 2. The van der Waals surface area contributed by atoms with E-state index in [4.69, 9.17) is 0 Å². The Morgan fingerprint density at radius 3 is 2.70 bits per heavy atom. The fourth-order valence-electron chi connectivity index (χ4n) is 2.75. The molecule has 0 unspecified atom stereocenters. The van der Waals surface area contributed by atoms with E-state index in [1.807, 2.05) is 10.6 Å². The van der Waals surface area contributed by atoms with Gasteiger partial charge in [-0.2, -0.15) is 0 Å². The smallest absolute Gasteiger partial charge is 0.337 e. The second-order valence-corrected chi connectivity index (χ2v) is 6.25. The van der Waals surface area contributed by atoms with Gasteiger partial charge in [-0.3, -0.25) is 0 Å². The van der Waals surface area contributed by atoms with Crippen molar-refractivity contribution in [3.8, 4) is 0 Å². The molecule has 1 aromatic heterocycles. The molecule has 0 saturated heterocycles. The van der Waals surface area contributed by atoms with Crippen molar-refractivity contribution in [2.45, 2.75) is 20.4 Å². The van der Waals surface area contributed by atoms with Crippen molar-refractivity contribution in [2.75, 3.05) is 20.6 Å². The molecule has 5 heteroatoms. The number of para-hydroxylation sites is 1. The van der Waals surface area contributed by atoms with E-state index in [0.717, 1.165) is 18.6 Å². The molecule has 5 nitrogen and oxygen atoms in total. The van der Waals surface area contributed by atoms with Gasteiger partial charge < -0.3 is 14.6 Å². The Morgan fingerprint density at radius 2 is 2.10 bits per heavy atom. The summed E-state index contributed by atoms with van der Waals surface area (Å²) in [6, 6.07) is 5.27. The highest BCUT2D eigenvalue weighted by Gasteiger charge is 2.21. The monoisotopic (exact) mass is 275 g/mol.